The fourth-order valence-corrected chi connectivity index (χ4v) is 1.67. The summed E-state index contributed by atoms with van der Waals surface area (Å²) in [7, 11) is 0. The number of hydrogen-bond acceptors (Lipinski definition) is 1. The molecule has 1 heteroatoms. The highest BCUT2D eigenvalue weighted by atomic mass is 14.9. The Kier molecular flexibility index (Phi) is 3.19. The van der Waals surface area contributed by atoms with Crippen molar-refractivity contribution < 1.29 is 0 Å². The highest BCUT2D eigenvalue weighted by molar-refractivity contribution is 5.59. The molecular weight excluding hydrogens is 170 g/mol. The van der Waals surface area contributed by atoms with Gasteiger partial charge in [-0.2, -0.15) is 0 Å². The van der Waals surface area contributed by atoms with Crippen LogP contribution in [0.5, 0.6) is 0 Å². The lowest BCUT2D eigenvalue weighted by atomic mass is 10.0. The highest BCUT2D eigenvalue weighted by Gasteiger charge is 2.05. The molecule has 1 aromatic rings. The van der Waals surface area contributed by atoms with E-state index in [-0.39, 0.29) is 6.04 Å². The Morgan fingerprint density at radius 1 is 1.21 bits per heavy atom. The topological polar surface area (TPSA) is 12.0 Å². The summed E-state index contributed by atoms with van der Waals surface area (Å²) in [5.41, 5.74) is 4.97. The smallest absolute Gasteiger partial charge is 0.0846 e. The molecule has 0 saturated heterocycles. The van der Waals surface area contributed by atoms with Crippen LogP contribution in [-0.2, 0) is 0 Å². The van der Waals surface area contributed by atoms with E-state index in [1.54, 1.807) is 0 Å². The molecule has 1 atom stereocenters. The van der Waals surface area contributed by atoms with E-state index in [9.17, 15) is 0 Å². The number of aryl methyl sites for hydroxylation is 3. The lowest BCUT2D eigenvalue weighted by Crippen LogP contribution is -2.14. The summed E-state index contributed by atoms with van der Waals surface area (Å²) in [6, 6.07) is 4.41. The van der Waals surface area contributed by atoms with Crippen LogP contribution in [0.1, 0.15) is 23.6 Å². The molecule has 0 aliphatic carbocycles. The number of nitrogens with one attached hydrogen (secondary N) is 1. The summed E-state index contributed by atoms with van der Waals surface area (Å²) in [5, 5.41) is 3.32. The second-order valence-corrected chi connectivity index (χ2v) is 3.81. The third-order valence-electron chi connectivity index (χ3n) is 2.29. The summed E-state index contributed by atoms with van der Waals surface area (Å²) < 4.78 is 0. The summed E-state index contributed by atoms with van der Waals surface area (Å²) >= 11 is 0. The number of rotatable bonds is 2. The van der Waals surface area contributed by atoms with Gasteiger partial charge in [-0.3, -0.25) is 0 Å². The van der Waals surface area contributed by atoms with E-state index in [1.807, 2.05) is 6.92 Å². The Morgan fingerprint density at radius 2 is 1.71 bits per heavy atom. The van der Waals surface area contributed by atoms with Crippen LogP contribution in [0.25, 0.3) is 0 Å². The first-order chi connectivity index (χ1) is 6.54. The monoisotopic (exact) mass is 187 g/mol. The predicted molar refractivity (Wildman–Crippen MR) is 62.6 cm³/mol. The highest BCUT2D eigenvalue weighted by Crippen LogP contribution is 2.22. The van der Waals surface area contributed by atoms with Gasteiger partial charge in [-0.05, 0) is 38.8 Å². The molecule has 0 aliphatic heterocycles. The molecule has 1 aromatic carbocycles. The maximum absolute atomic E-state index is 5.34. The second-order valence-electron chi connectivity index (χ2n) is 3.81. The van der Waals surface area contributed by atoms with Gasteiger partial charge in [-0.15, -0.1) is 6.42 Å². The quantitative estimate of drug-likeness (QED) is 0.702. The molecule has 1 nitrogen and oxygen atoms in total. The van der Waals surface area contributed by atoms with E-state index in [1.165, 1.54) is 22.4 Å². The normalized spacial score (nSPS) is 11.9. The molecule has 0 radical (unpaired) electrons. The molecule has 74 valence electrons. The van der Waals surface area contributed by atoms with Crippen molar-refractivity contribution in [1.82, 2.24) is 0 Å². The Balaban J connectivity index is 3.04. The molecule has 14 heavy (non-hydrogen) atoms. The maximum Gasteiger partial charge on any atom is 0.0846 e. The lowest BCUT2D eigenvalue weighted by molar-refractivity contribution is 1.02. The maximum atomic E-state index is 5.34. The number of hydrogen-bond donors (Lipinski definition) is 1. The first-order valence-electron chi connectivity index (χ1n) is 4.85. The van der Waals surface area contributed by atoms with Crippen molar-refractivity contribution in [2.24, 2.45) is 0 Å². The summed E-state index contributed by atoms with van der Waals surface area (Å²) in [4.78, 5) is 0. The van der Waals surface area contributed by atoms with Crippen LogP contribution < -0.4 is 5.32 Å². The van der Waals surface area contributed by atoms with E-state index < -0.39 is 0 Å². The first kappa shape index (κ1) is 10.7. The van der Waals surface area contributed by atoms with Crippen LogP contribution in [0.2, 0.25) is 0 Å². The fraction of sp³-hybridized carbons (Fsp3) is 0.385. The van der Waals surface area contributed by atoms with Crippen molar-refractivity contribution in [2.45, 2.75) is 33.7 Å². The van der Waals surface area contributed by atoms with E-state index in [4.69, 9.17) is 6.42 Å². The summed E-state index contributed by atoms with van der Waals surface area (Å²) in [5.74, 6) is 2.67. The molecular formula is C13H17N. The first-order valence-corrected chi connectivity index (χ1v) is 4.85. The predicted octanol–water partition coefficient (Wildman–Crippen LogP) is 3.05. The van der Waals surface area contributed by atoms with Crippen LogP contribution >= 0.6 is 0 Å². The van der Waals surface area contributed by atoms with Gasteiger partial charge in [0.15, 0.2) is 0 Å². The Morgan fingerprint density at radius 3 is 2.14 bits per heavy atom. The van der Waals surface area contributed by atoms with E-state index >= 15 is 0 Å². The Labute approximate surface area is 86.5 Å². The van der Waals surface area contributed by atoms with Gasteiger partial charge in [0.1, 0.15) is 0 Å². The van der Waals surface area contributed by atoms with E-state index in [2.05, 4.69) is 44.1 Å². The minimum atomic E-state index is 0.0788. The van der Waals surface area contributed by atoms with Crippen molar-refractivity contribution in [3.8, 4) is 12.3 Å². The van der Waals surface area contributed by atoms with Gasteiger partial charge < -0.3 is 5.32 Å². The summed E-state index contributed by atoms with van der Waals surface area (Å²) in [6.45, 7) is 8.30. The number of anilines is 1. The molecule has 0 fully saturated rings. The molecule has 0 spiro atoms. The average molecular weight is 187 g/mol. The van der Waals surface area contributed by atoms with Crippen molar-refractivity contribution >= 4 is 5.69 Å². The molecule has 0 aromatic heterocycles. The second kappa shape index (κ2) is 4.19. The van der Waals surface area contributed by atoms with Crippen molar-refractivity contribution in [2.75, 3.05) is 5.32 Å². The van der Waals surface area contributed by atoms with Crippen LogP contribution in [0.15, 0.2) is 12.1 Å². The zero-order chi connectivity index (χ0) is 10.7. The third-order valence-corrected chi connectivity index (χ3v) is 2.29. The Hall–Kier alpha value is -1.42. The number of benzene rings is 1. The fourth-order valence-electron chi connectivity index (χ4n) is 1.67. The molecule has 1 rings (SSSR count). The average Bonchev–Trinajstić information content (AvgIpc) is 2.10. The molecule has 0 bridgehead atoms. The van der Waals surface area contributed by atoms with E-state index in [0.29, 0.717) is 0 Å². The van der Waals surface area contributed by atoms with Crippen LogP contribution in [0.3, 0.4) is 0 Å². The van der Waals surface area contributed by atoms with Gasteiger partial charge in [-0.25, -0.2) is 0 Å². The summed E-state index contributed by atoms with van der Waals surface area (Å²) in [6.07, 6.45) is 5.34. The van der Waals surface area contributed by atoms with Gasteiger partial charge in [0.05, 0.1) is 6.04 Å². The van der Waals surface area contributed by atoms with Gasteiger partial charge in [0, 0.05) is 5.69 Å². The van der Waals surface area contributed by atoms with Crippen LogP contribution in [0.4, 0.5) is 5.69 Å². The standard InChI is InChI=1S/C13H17N/c1-6-12(5)14-13-10(3)7-9(2)8-11(13)4/h1,7-8,12,14H,2-5H3. The molecule has 0 heterocycles. The van der Waals surface area contributed by atoms with Gasteiger partial charge in [0.2, 0.25) is 0 Å². The van der Waals surface area contributed by atoms with Gasteiger partial charge in [-0.1, -0.05) is 23.6 Å². The molecule has 1 unspecified atom stereocenters. The zero-order valence-electron chi connectivity index (χ0n) is 9.31. The van der Waals surface area contributed by atoms with Crippen LogP contribution in [-0.4, -0.2) is 6.04 Å². The molecule has 0 saturated carbocycles. The minimum absolute atomic E-state index is 0.0788. The third kappa shape index (κ3) is 2.29. The lowest BCUT2D eigenvalue weighted by Gasteiger charge is -2.15. The largest absolute Gasteiger partial charge is 0.371 e. The minimum Gasteiger partial charge on any atom is -0.371 e. The van der Waals surface area contributed by atoms with E-state index in [0.717, 1.165) is 0 Å². The molecule has 0 aliphatic rings. The zero-order valence-corrected chi connectivity index (χ0v) is 9.31. The Bertz CT molecular complexity index is 348. The van der Waals surface area contributed by atoms with Crippen molar-refractivity contribution in [1.29, 1.82) is 0 Å². The van der Waals surface area contributed by atoms with Gasteiger partial charge in [0.25, 0.3) is 0 Å². The molecule has 1 N–H and O–H groups in total. The molecule has 0 amide bonds. The van der Waals surface area contributed by atoms with Crippen LogP contribution in [0, 0.1) is 33.1 Å². The number of terminal acetylenes is 1. The van der Waals surface area contributed by atoms with Crippen molar-refractivity contribution in [3.05, 3.63) is 28.8 Å². The van der Waals surface area contributed by atoms with Crippen molar-refractivity contribution in [3.63, 3.8) is 0 Å². The van der Waals surface area contributed by atoms with Gasteiger partial charge >= 0.3 is 0 Å². The SMILES string of the molecule is C#CC(C)Nc1c(C)cc(C)cc1C.